The molecule has 1 aliphatic carbocycles. The van der Waals surface area contributed by atoms with Crippen LogP contribution in [0.4, 0.5) is 0 Å². The molecule has 7 aromatic carbocycles. The van der Waals surface area contributed by atoms with E-state index in [0.29, 0.717) is 17.5 Å². The van der Waals surface area contributed by atoms with Gasteiger partial charge in [0.1, 0.15) is 0 Å². The Labute approximate surface area is 310 Å². The summed E-state index contributed by atoms with van der Waals surface area (Å²) >= 11 is 1.81. The van der Waals surface area contributed by atoms with Crippen LogP contribution in [0.2, 0.25) is 0 Å². The number of thiophene rings is 1. The first-order valence-corrected chi connectivity index (χ1v) is 18.9. The third-order valence-electron chi connectivity index (χ3n) is 11.1. The van der Waals surface area contributed by atoms with Gasteiger partial charge in [-0.3, -0.25) is 0 Å². The van der Waals surface area contributed by atoms with Crippen molar-refractivity contribution in [3.63, 3.8) is 0 Å². The van der Waals surface area contributed by atoms with Crippen molar-refractivity contribution in [1.29, 1.82) is 0 Å². The van der Waals surface area contributed by atoms with E-state index in [1.54, 1.807) is 0 Å². The summed E-state index contributed by atoms with van der Waals surface area (Å²) in [6.07, 6.45) is 0. The van der Waals surface area contributed by atoms with E-state index in [2.05, 4.69) is 140 Å². The van der Waals surface area contributed by atoms with Crippen molar-refractivity contribution in [3.8, 4) is 51.0 Å². The minimum absolute atomic E-state index is 0.0655. The fraction of sp³-hybridized carbons (Fsp3) is 0.0625. The molecule has 11 rings (SSSR count). The molecular weight excluding hydrogens is 665 g/mol. The molecule has 0 bridgehead atoms. The lowest BCUT2D eigenvalue weighted by Gasteiger charge is -2.21. The van der Waals surface area contributed by atoms with Crippen molar-refractivity contribution in [2.24, 2.45) is 0 Å². The Morgan fingerprint density at radius 1 is 0.472 bits per heavy atom. The van der Waals surface area contributed by atoms with Crippen molar-refractivity contribution >= 4 is 53.3 Å². The van der Waals surface area contributed by atoms with Gasteiger partial charge in [-0.15, -0.1) is 11.3 Å². The van der Waals surface area contributed by atoms with E-state index in [9.17, 15) is 0 Å². The summed E-state index contributed by atoms with van der Waals surface area (Å²) in [5.74, 6) is 1.99. The molecule has 53 heavy (non-hydrogen) atoms. The quantitative estimate of drug-likeness (QED) is 0.184. The summed E-state index contributed by atoms with van der Waals surface area (Å²) in [7, 11) is 0. The van der Waals surface area contributed by atoms with E-state index in [1.165, 1.54) is 58.8 Å². The molecule has 0 saturated carbocycles. The van der Waals surface area contributed by atoms with Crippen molar-refractivity contribution < 1.29 is 0 Å². The predicted molar refractivity (Wildman–Crippen MR) is 221 cm³/mol. The number of nitrogens with zero attached hydrogens (tertiary/aromatic N) is 4. The average molecular weight is 697 g/mol. The molecule has 0 N–H and O–H groups in total. The fourth-order valence-corrected chi connectivity index (χ4v) is 9.71. The van der Waals surface area contributed by atoms with Crippen LogP contribution in [-0.2, 0) is 5.41 Å². The lowest BCUT2D eigenvalue weighted by atomic mass is 9.82. The first-order chi connectivity index (χ1) is 26.0. The number of fused-ring (bicyclic) bond motifs is 10. The van der Waals surface area contributed by atoms with Crippen LogP contribution < -0.4 is 0 Å². The molecule has 0 saturated heterocycles. The van der Waals surface area contributed by atoms with Gasteiger partial charge in [0.15, 0.2) is 17.5 Å². The van der Waals surface area contributed by atoms with Gasteiger partial charge in [-0.25, -0.2) is 15.0 Å². The Hall–Kier alpha value is -6.43. The third kappa shape index (κ3) is 4.44. The van der Waals surface area contributed by atoms with Gasteiger partial charge in [0, 0.05) is 58.7 Å². The molecule has 0 unspecified atom stereocenters. The number of hydrogen-bond donors (Lipinski definition) is 0. The molecule has 5 heteroatoms. The fourth-order valence-electron chi connectivity index (χ4n) is 8.60. The van der Waals surface area contributed by atoms with E-state index in [-0.39, 0.29) is 5.41 Å². The SMILES string of the molecule is CC1(C)c2ccccc2-c2c1ccc1c2c2ccccc2n1-c1ccc2sc3cccc(-c4nc(-c5ccccc5)nc(-c5ccccc5)n4)c3c2c1. The maximum Gasteiger partial charge on any atom is 0.164 e. The highest BCUT2D eigenvalue weighted by molar-refractivity contribution is 7.26. The van der Waals surface area contributed by atoms with Crippen molar-refractivity contribution in [3.05, 3.63) is 169 Å². The number of rotatable bonds is 4. The maximum absolute atomic E-state index is 5.13. The van der Waals surface area contributed by atoms with Gasteiger partial charge in [-0.05, 0) is 58.7 Å². The second-order valence-corrected chi connectivity index (χ2v) is 15.5. The maximum atomic E-state index is 5.13. The second kappa shape index (κ2) is 11.3. The van der Waals surface area contributed by atoms with E-state index in [0.717, 1.165) is 27.8 Å². The van der Waals surface area contributed by atoms with Gasteiger partial charge in [0.05, 0.1) is 11.0 Å². The smallest absolute Gasteiger partial charge is 0.164 e. The molecule has 0 aliphatic heterocycles. The average Bonchev–Trinajstić information content (AvgIpc) is 3.83. The number of hydrogen-bond acceptors (Lipinski definition) is 4. The zero-order valence-corrected chi connectivity index (χ0v) is 30.0. The number of aromatic nitrogens is 4. The van der Waals surface area contributed by atoms with Crippen LogP contribution in [0.1, 0.15) is 25.0 Å². The van der Waals surface area contributed by atoms with Gasteiger partial charge in [-0.1, -0.05) is 135 Å². The highest BCUT2D eigenvalue weighted by Gasteiger charge is 2.37. The third-order valence-corrected chi connectivity index (χ3v) is 12.2. The van der Waals surface area contributed by atoms with Crippen molar-refractivity contribution in [1.82, 2.24) is 19.5 Å². The molecule has 3 heterocycles. The van der Waals surface area contributed by atoms with Gasteiger partial charge < -0.3 is 4.57 Å². The first-order valence-electron chi connectivity index (χ1n) is 18.0. The minimum atomic E-state index is -0.0655. The van der Waals surface area contributed by atoms with Crippen LogP contribution in [0.5, 0.6) is 0 Å². The summed E-state index contributed by atoms with van der Waals surface area (Å²) < 4.78 is 4.89. The van der Waals surface area contributed by atoms with Crippen LogP contribution in [-0.4, -0.2) is 19.5 Å². The van der Waals surface area contributed by atoms with E-state index in [4.69, 9.17) is 15.0 Å². The van der Waals surface area contributed by atoms with Crippen LogP contribution >= 0.6 is 11.3 Å². The van der Waals surface area contributed by atoms with Gasteiger partial charge in [0.2, 0.25) is 0 Å². The van der Waals surface area contributed by atoms with Gasteiger partial charge in [-0.2, -0.15) is 0 Å². The summed E-state index contributed by atoms with van der Waals surface area (Å²) in [6, 6.07) is 56.3. The molecular formula is C48H32N4S. The summed E-state index contributed by atoms with van der Waals surface area (Å²) in [6.45, 7) is 4.71. The largest absolute Gasteiger partial charge is 0.309 e. The van der Waals surface area contributed by atoms with Crippen LogP contribution in [0, 0.1) is 0 Å². The predicted octanol–water partition coefficient (Wildman–Crippen LogP) is 12.6. The summed E-state index contributed by atoms with van der Waals surface area (Å²) in [5.41, 5.74) is 11.9. The Morgan fingerprint density at radius 2 is 1.13 bits per heavy atom. The Bertz CT molecular complexity index is 3020. The molecule has 0 spiro atoms. The molecule has 0 fully saturated rings. The van der Waals surface area contributed by atoms with Crippen LogP contribution in [0.25, 0.3) is 93.0 Å². The Balaban J connectivity index is 1.16. The lowest BCUT2D eigenvalue weighted by molar-refractivity contribution is 0.661. The summed E-state index contributed by atoms with van der Waals surface area (Å²) in [5, 5.41) is 4.95. The molecule has 250 valence electrons. The standard InChI is InChI=1S/C48H32N4S/c1-48(2)36-21-11-9-18-32(36)43-37(48)25-26-39-44(43)33-19-10-12-22-38(33)52(39)31-24-27-40-35(28-31)42-34(20-13-23-41(42)53-40)47-50-45(29-14-5-3-6-15-29)49-46(51-47)30-16-7-4-8-17-30/h3-28H,1-2H3. The van der Waals surface area contributed by atoms with Crippen molar-refractivity contribution in [2.75, 3.05) is 0 Å². The molecule has 3 aromatic heterocycles. The first kappa shape index (κ1) is 30.2. The summed E-state index contributed by atoms with van der Waals surface area (Å²) in [4.78, 5) is 15.2. The zero-order valence-electron chi connectivity index (χ0n) is 29.2. The Morgan fingerprint density at radius 3 is 1.91 bits per heavy atom. The second-order valence-electron chi connectivity index (χ2n) is 14.4. The highest BCUT2D eigenvalue weighted by Crippen LogP contribution is 2.53. The molecule has 0 atom stereocenters. The van der Waals surface area contributed by atoms with E-state index >= 15 is 0 Å². The minimum Gasteiger partial charge on any atom is -0.309 e. The molecule has 1 aliphatic rings. The topological polar surface area (TPSA) is 43.6 Å². The zero-order chi connectivity index (χ0) is 35.3. The van der Waals surface area contributed by atoms with Crippen LogP contribution in [0.3, 0.4) is 0 Å². The van der Waals surface area contributed by atoms with E-state index in [1.807, 2.05) is 47.7 Å². The molecule has 4 nitrogen and oxygen atoms in total. The van der Waals surface area contributed by atoms with Crippen LogP contribution in [0.15, 0.2) is 158 Å². The monoisotopic (exact) mass is 696 g/mol. The molecule has 10 aromatic rings. The lowest BCUT2D eigenvalue weighted by Crippen LogP contribution is -2.14. The molecule has 0 amide bonds. The van der Waals surface area contributed by atoms with Crippen molar-refractivity contribution in [2.45, 2.75) is 19.3 Å². The number of benzene rings is 7. The highest BCUT2D eigenvalue weighted by atomic mass is 32.1. The van der Waals surface area contributed by atoms with Gasteiger partial charge >= 0.3 is 0 Å². The molecule has 0 radical (unpaired) electrons. The number of para-hydroxylation sites is 1. The van der Waals surface area contributed by atoms with E-state index < -0.39 is 0 Å². The van der Waals surface area contributed by atoms with Gasteiger partial charge in [0.25, 0.3) is 0 Å². The Kier molecular flexibility index (Phi) is 6.43. The normalized spacial score (nSPS) is 13.2.